The van der Waals surface area contributed by atoms with Crippen LogP contribution in [-0.4, -0.2) is 25.7 Å². The van der Waals surface area contributed by atoms with Crippen LogP contribution in [0.15, 0.2) is 24.3 Å². The molecule has 0 radical (unpaired) electrons. The lowest BCUT2D eigenvalue weighted by Crippen LogP contribution is -2.29. The van der Waals surface area contributed by atoms with Crippen molar-refractivity contribution in [2.45, 2.75) is 18.9 Å². The predicted molar refractivity (Wildman–Crippen MR) is 70.0 cm³/mol. The van der Waals surface area contributed by atoms with Crippen LogP contribution in [0.25, 0.3) is 0 Å². The lowest BCUT2D eigenvalue weighted by atomic mass is 9.97. The van der Waals surface area contributed by atoms with Crippen LogP contribution in [0, 0.1) is 5.82 Å². The van der Waals surface area contributed by atoms with E-state index in [0.717, 1.165) is 6.42 Å². The highest BCUT2D eigenvalue weighted by Crippen LogP contribution is 2.29. The third-order valence-electron chi connectivity index (χ3n) is 2.61. The molecule has 2 nitrogen and oxygen atoms in total. The molecule has 1 aromatic rings. The Balaban J connectivity index is 2.71. The highest BCUT2D eigenvalue weighted by Gasteiger charge is 2.28. The molecule has 1 atom stereocenters. The molecular weight excluding hydrogens is 287 g/mol. The van der Waals surface area contributed by atoms with Crippen LogP contribution < -0.4 is 0 Å². The number of halogens is 2. The third kappa shape index (κ3) is 4.05. The van der Waals surface area contributed by atoms with Gasteiger partial charge in [-0.25, -0.2) is 4.39 Å². The maximum absolute atomic E-state index is 13.7. The first-order valence-electron chi connectivity index (χ1n) is 5.58. The number of hydrogen-bond donors (Lipinski definition) is 0. The van der Waals surface area contributed by atoms with Crippen molar-refractivity contribution in [2.75, 3.05) is 25.7 Å². The van der Waals surface area contributed by atoms with Crippen molar-refractivity contribution in [3.05, 3.63) is 35.6 Å². The summed E-state index contributed by atoms with van der Waals surface area (Å²) in [5.74, 6) is -0.235. The van der Waals surface area contributed by atoms with E-state index in [1.807, 2.05) is 13.0 Å². The molecule has 17 heavy (non-hydrogen) atoms. The van der Waals surface area contributed by atoms with Crippen molar-refractivity contribution >= 4 is 15.9 Å². The molecule has 0 amide bonds. The largest absolute Gasteiger partial charge is 0.385 e. The van der Waals surface area contributed by atoms with Crippen LogP contribution in [0.3, 0.4) is 0 Å². The quantitative estimate of drug-likeness (QED) is 0.567. The molecule has 0 aromatic heterocycles. The maximum atomic E-state index is 13.7. The monoisotopic (exact) mass is 304 g/mol. The second-order valence-corrected chi connectivity index (χ2v) is 4.60. The van der Waals surface area contributed by atoms with Crippen LogP contribution in [0.5, 0.6) is 0 Å². The second kappa shape index (κ2) is 7.09. The normalized spacial score (nSPS) is 14.6. The van der Waals surface area contributed by atoms with Gasteiger partial charge in [0.05, 0.1) is 6.61 Å². The highest BCUT2D eigenvalue weighted by atomic mass is 79.9. The van der Waals surface area contributed by atoms with Crippen LogP contribution in [0.1, 0.15) is 18.9 Å². The Labute approximate surface area is 110 Å². The summed E-state index contributed by atoms with van der Waals surface area (Å²) < 4.78 is 24.5. The first-order chi connectivity index (χ1) is 8.14. The molecule has 0 aliphatic rings. The molecule has 0 saturated carbocycles. The minimum Gasteiger partial charge on any atom is -0.385 e. The minimum absolute atomic E-state index is 0.235. The third-order valence-corrected chi connectivity index (χ3v) is 3.68. The van der Waals surface area contributed by atoms with Crippen LogP contribution in [0.4, 0.5) is 4.39 Å². The van der Waals surface area contributed by atoms with E-state index in [1.165, 1.54) is 6.07 Å². The maximum Gasteiger partial charge on any atom is 0.129 e. The molecule has 1 aromatic carbocycles. The first kappa shape index (κ1) is 14.6. The van der Waals surface area contributed by atoms with Crippen LogP contribution >= 0.6 is 15.9 Å². The van der Waals surface area contributed by atoms with Gasteiger partial charge in [-0.2, -0.15) is 0 Å². The van der Waals surface area contributed by atoms with Gasteiger partial charge in [-0.15, -0.1) is 0 Å². The van der Waals surface area contributed by atoms with Crippen molar-refractivity contribution in [3.63, 3.8) is 0 Å². The fraction of sp³-hybridized carbons (Fsp3) is 0.538. The van der Waals surface area contributed by atoms with E-state index in [4.69, 9.17) is 9.47 Å². The molecule has 0 saturated heterocycles. The Kier molecular flexibility index (Phi) is 6.09. The average molecular weight is 305 g/mol. The zero-order valence-corrected chi connectivity index (χ0v) is 11.8. The van der Waals surface area contributed by atoms with E-state index >= 15 is 0 Å². The van der Waals surface area contributed by atoms with Gasteiger partial charge in [0.25, 0.3) is 0 Å². The van der Waals surface area contributed by atoms with E-state index in [1.54, 1.807) is 19.2 Å². The van der Waals surface area contributed by atoms with E-state index in [0.29, 0.717) is 24.1 Å². The smallest absolute Gasteiger partial charge is 0.129 e. The van der Waals surface area contributed by atoms with Crippen LogP contribution in [-0.2, 0) is 15.1 Å². The van der Waals surface area contributed by atoms with Gasteiger partial charge < -0.3 is 9.47 Å². The second-order valence-electron chi connectivity index (χ2n) is 4.04. The molecule has 0 fully saturated rings. The van der Waals surface area contributed by atoms with Gasteiger partial charge in [-0.1, -0.05) is 34.1 Å². The van der Waals surface area contributed by atoms with E-state index in [-0.39, 0.29) is 5.82 Å². The summed E-state index contributed by atoms with van der Waals surface area (Å²) in [6.45, 7) is 3.08. The fourth-order valence-electron chi connectivity index (χ4n) is 1.58. The van der Waals surface area contributed by atoms with Crippen molar-refractivity contribution in [2.24, 2.45) is 0 Å². The molecule has 0 heterocycles. The highest BCUT2D eigenvalue weighted by molar-refractivity contribution is 9.09. The van der Waals surface area contributed by atoms with Gasteiger partial charge in [0.1, 0.15) is 11.4 Å². The molecule has 1 rings (SSSR count). The molecule has 0 bridgehead atoms. The SMILES string of the molecule is COCCCOC(C)(CBr)c1ccccc1F. The van der Waals surface area contributed by atoms with Crippen molar-refractivity contribution in [1.29, 1.82) is 0 Å². The minimum atomic E-state index is -0.640. The zero-order chi connectivity index (χ0) is 12.7. The zero-order valence-electron chi connectivity index (χ0n) is 10.2. The Morgan fingerprint density at radius 3 is 2.59 bits per heavy atom. The molecule has 96 valence electrons. The molecule has 0 spiro atoms. The van der Waals surface area contributed by atoms with Crippen LogP contribution in [0.2, 0.25) is 0 Å². The van der Waals surface area contributed by atoms with E-state index in [2.05, 4.69) is 15.9 Å². The van der Waals surface area contributed by atoms with E-state index < -0.39 is 5.60 Å². The summed E-state index contributed by atoms with van der Waals surface area (Å²) >= 11 is 3.39. The Morgan fingerprint density at radius 2 is 2.00 bits per heavy atom. The molecular formula is C13H18BrFO2. The number of ether oxygens (including phenoxy) is 2. The molecule has 4 heteroatoms. The lowest BCUT2D eigenvalue weighted by molar-refractivity contribution is -0.0263. The predicted octanol–water partition coefficient (Wildman–Crippen LogP) is 3.49. The van der Waals surface area contributed by atoms with Gasteiger partial charge in [-0.05, 0) is 19.4 Å². The van der Waals surface area contributed by atoms with E-state index in [9.17, 15) is 4.39 Å². The molecule has 0 aliphatic heterocycles. The Bertz CT molecular complexity index is 346. The van der Waals surface area contributed by atoms with Gasteiger partial charge in [-0.3, -0.25) is 0 Å². The molecule has 1 unspecified atom stereocenters. The summed E-state index contributed by atoms with van der Waals surface area (Å²) in [6.07, 6.45) is 0.799. The summed E-state index contributed by atoms with van der Waals surface area (Å²) in [6, 6.07) is 6.71. The summed E-state index contributed by atoms with van der Waals surface area (Å²) in [4.78, 5) is 0. The van der Waals surface area contributed by atoms with Crippen molar-refractivity contribution < 1.29 is 13.9 Å². The van der Waals surface area contributed by atoms with Crippen molar-refractivity contribution in [3.8, 4) is 0 Å². The number of benzene rings is 1. The van der Waals surface area contributed by atoms with Gasteiger partial charge in [0, 0.05) is 24.6 Å². The molecule has 0 N–H and O–H groups in total. The van der Waals surface area contributed by atoms with Gasteiger partial charge in [0.2, 0.25) is 0 Å². The number of rotatable bonds is 7. The summed E-state index contributed by atoms with van der Waals surface area (Å²) in [5.41, 5.74) is -0.0617. The van der Waals surface area contributed by atoms with Crippen molar-refractivity contribution in [1.82, 2.24) is 0 Å². The first-order valence-corrected chi connectivity index (χ1v) is 6.70. The summed E-state index contributed by atoms with van der Waals surface area (Å²) in [7, 11) is 1.65. The number of alkyl halides is 1. The lowest BCUT2D eigenvalue weighted by Gasteiger charge is -2.28. The summed E-state index contributed by atoms with van der Waals surface area (Å²) in [5, 5.41) is 0.550. The van der Waals surface area contributed by atoms with Gasteiger partial charge >= 0.3 is 0 Å². The Morgan fingerprint density at radius 1 is 1.29 bits per heavy atom. The fourth-order valence-corrected chi connectivity index (χ4v) is 2.04. The van der Waals surface area contributed by atoms with Gasteiger partial charge in [0.15, 0.2) is 0 Å². The topological polar surface area (TPSA) is 18.5 Å². The number of methoxy groups -OCH3 is 1. The Hall–Kier alpha value is -0.450. The molecule has 0 aliphatic carbocycles. The average Bonchev–Trinajstić information content (AvgIpc) is 2.35. The number of hydrogen-bond acceptors (Lipinski definition) is 2. The standard InChI is InChI=1S/C13H18BrFO2/c1-13(10-14,17-9-5-8-16-2)11-6-3-4-7-12(11)15/h3-4,6-7H,5,8-10H2,1-2H3.